The number of carbonyl (C=O) groups is 3. The van der Waals surface area contributed by atoms with Gasteiger partial charge in [-0.2, -0.15) is 0 Å². The summed E-state index contributed by atoms with van der Waals surface area (Å²) in [5.74, 6) is -2.03. The number of Topliss-reactive ketones (excluding diaryl/α,β-unsaturated/α-hetero) is 1. The van der Waals surface area contributed by atoms with E-state index in [1.54, 1.807) is 55.5 Å². The van der Waals surface area contributed by atoms with Crippen molar-refractivity contribution in [2.75, 3.05) is 11.5 Å². The Morgan fingerprint density at radius 3 is 2.12 bits per heavy atom. The Morgan fingerprint density at radius 1 is 0.909 bits per heavy atom. The molecule has 0 saturated carbocycles. The molecule has 1 saturated heterocycles. The molecule has 166 valence electrons. The molecule has 1 aliphatic rings. The van der Waals surface area contributed by atoms with Crippen LogP contribution in [0.15, 0.2) is 90.5 Å². The molecule has 1 unspecified atom stereocenters. The van der Waals surface area contributed by atoms with E-state index in [9.17, 15) is 19.5 Å². The molecule has 6 nitrogen and oxygen atoms in total. The Balaban J connectivity index is 1.78. The van der Waals surface area contributed by atoms with Crippen LogP contribution in [0.2, 0.25) is 0 Å². The molecule has 33 heavy (non-hydrogen) atoms. The molecule has 4 rings (SSSR count). The first kappa shape index (κ1) is 22.0. The number of ether oxygens (including phenoxy) is 1. The van der Waals surface area contributed by atoms with Crippen molar-refractivity contribution in [3.63, 3.8) is 0 Å². The first-order valence-corrected chi connectivity index (χ1v) is 10.7. The molecule has 6 heteroatoms. The van der Waals surface area contributed by atoms with Gasteiger partial charge in [0, 0.05) is 11.3 Å². The van der Waals surface area contributed by atoms with Gasteiger partial charge in [0.05, 0.1) is 24.6 Å². The maximum absolute atomic E-state index is 13.1. The summed E-state index contributed by atoms with van der Waals surface area (Å²) in [4.78, 5) is 39.4. The molecule has 1 N–H and O–H groups in total. The third-order valence-corrected chi connectivity index (χ3v) is 5.48. The van der Waals surface area contributed by atoms with E-state index in [0.717, 1.165) is 5.56 Å². The summed E-state index contributed by atoms with van der Waals surface area (Å²) in [6.07, 6.45) is 0.114. The van der Waals surface area contributed by atoms with Crippen molar-refractivity contribution < 1.29 is 24.2 Å². The number of anilines is 1. The van der Waals surface area contributed by atoms with Crippen LogP contribution in [0.4, 0.5) is 5.69 Å². The van der Waals surface area contributed by atoms with Crippen LogP contribution in [0.1, 0.15) is 29.7 Å². The first-order valence-electron chi connectivity index (χ1n) is 10.7. The van der Waals surface area contributed by atoms with Gasteiger partial charge >= 0.3 is 5.97 Å². The number of hydrogen-bond donors (Lipinski definition) is 1. The van der Waals surface area contributed by atoms with Crippen LogP contribution in [0.5, 0.6) is 0 Å². The van der Waals surface area contributed by atoms with E-state index in [4.69, 9.17) is 4.74 Å². The third-order valence-electron chi connectivity index (χ3n) is 5.48. The number of nitrogens with zero attached hydrogens (tertiary/aromatic N) is 1. The second-order valence-corrected chi connectivity index (χ2v) is 7.59. The summed E-state index contributed by atoms with van der Waals surface area (Å²) in [7, 11) is 0. The molecule has 0 aromatic heterocycles. The predicted molar refractivity (Wildman–Crippen MR) is 124 cm³/mol. The maximum atomic E-state index is 13.1. The van der Waals surface area contributed by atoms with Gasteiger partial charge in [0.15, 0.2) is 0 Å². The van der Waals surface area contributed by atoms with Crippen molar-refractivity contribution in [2.24, 2.45) is 0 Å². The lowest BCUT2D eigenvalue weighted by atomic mass is 9.95. The highest BCUT2D eigenvalue weighted by atomic mass is 16.5. The zero-order valence-electron chi connectivity index (χ0n) is 18.1. The van der Waals surface area contributed by atoms with Crippen LogP contribution in [0.25, 0.3) is 5.76 Å². The fourth-order valence-electron chi connectivity index (χ4n) is 3.95. The molecule has 0 aliphatic carbocycles. The number of hydrogen-bond acceptors (Lipinski definition) is 5. The Morgan fingerprint density at radius 2 is 1.52 bits per heavy atom. The third kappa shape index (κ3) is 4.41. The average molecular weight is 441 g/mol. The van der Waals surface area contributed by atoms with Crippen LogP contribution in [-0.4, -0.2) is 29.4 Å². The van der Waals surface area contributed by atoms with Gasteiger partial charge in [-0.05, 0) is 30.2 Å². The van der Waals surface area contributed by atoms with Crippen LogP contribution in [-0.2, 0) is 25.5 Å². The molecule has 1 heterocycles. The highest BCUT2D eigenvalue weighted by Crippen LogP contribution is 2.42. The molecule has 0 bridgehead atoms. The summed E-state index contributed by atoms with van der Waals surface area (Å²) in [6.45, 7) is 2.05. The Hall–Kier alpha value is -4.19. The molecule has 1 amide bonds. The predicted octanol–water partition coefficient (Wildman–Crippen LogP) is 4.42. The minimum atomic E-state index is -0.790. The fraction of sp³-hybridized carbons (Fsp3) is 0.148. The van der Waals surface area contributed by atoms with Crippen molar-refractivity contribution in [1.29, 1.82) is 0 Å². The summed E-state index contributed by atoms with van der Waals surface area (Å²) >= 11 is 0. The van der Waals surface area contributed by atoms with Gasteiger partial charge in [-0.15, -0.1) is 0 Å². The van der Waals surface area contributed by atoms with E-state index in [2.05, 4.69) is 0 Å². The number of ketones is 1. The van der Waals surface area contributed by atoms with Gasteiger partial charge in [-0.25, -0.2) is 0 Å². The number of rotatable bonds is 6. The largest absolute Gasteiger partial charge is 0.507 e. The number of amides is 1. The van der Waals surface area contributed by atoms with Crippen molar-refractivity contribution in [2.45, 2.75) is 19.4 Å². The fourth-order valence-corrected chi connectivity index (χ4v) is 3.95. The van der Waals surface area contributed by atoms with Crippen LogP contribution in [0.3, 0.4) is 0 Å². The first-order chi connectivity index (χ1) is 16.0. The smallest absolute Gasteiger partial charge is 0.310 e. The van der Waals surface area contributed by atoms with Gasteiger partial charge in [0.25, 0.3) is 11.7 Å². The van der Waals surface area contributed by atoms with E-state index < -0.39 is 17.7 Å². The SMILES string of the molecule is CCOC(=O)Cc1ccc(N2C(=O)C(=O)/C(=C(/O)c3ccccc3)C2c2ccccc2)cc1. The molecule has 1 fully saturated rings. The second kappa shape index (κ2) is 9.53. The van der Waals surface area contributed by atoms with Crippen LogP contribution >= 0.6 is 0 Å². The number of carbonyl (C=O) groups excluding carboxylic acids is 3. The molecule has 0 spiro atoms. The quantitative estimate of drug-likeness (QED) is 0.265. The number of aliphatic hydroxyl groups is 1. The van der Waals surface area contributed by atoms with Crippen LogP contribution in [0, 0.1) is 0 Å². The Bertz CT molecular complexity index is 1200. The number of esters is 1. The second-order valence-electron chi connectivity index (χ2n) is 7.59. The van der Waals surface area contributed by atoms with E-state index in [1.165, 1.54) is 4.90 Å². The standard InChI is InChI=1S/C27H23NO5/c1-2-33-22(29)17-18-13-15-21(16-14-18)28-24(19-9-5-3-6-10-19)23(26(31)27(28)32)25(30)20-11-7-4-8-12-20/h3-16,24,30H,2,17H2,1H3/b25-23+. The van der Waals surface area contributed by atoms with Crippen molar-refractivity contribution in [1.82, 2.24) is 0 Å². The van der Waals surface area contributed by atoms with Gasteiger partial charge in [0.2, 0.25) is 0 Å². The summed E-state index contributed by atoms with van der Waals surface area (Å²) in [5, 5.41) is 11.0. The average Bonchev–Trinajstić information content (AvgIpc) is 3.11. The lowest BCUT2D eigenvalue weighted by molar-refractivity contribution is -0.142. The maximum Gasteiger partial charge on any atom is 0.310 e. The monoisotopic (exact) mass is 441 g/mol. The minimum Gasteiger partial charge on any atom is -0.507 e. The molecule has 3 aromatic carbocycles. The zero-order chi connectivity index (χ0) is 23.4. The van der Waals surface area contributed by atoms with E-state index in [0.29, 0.717) is 23.4 Å². The molecule has 1 aliphatic heterocycles. The number of aliphatic hydroxyl groups excluding tert-OH is 1. The lowest BCUT2D eigenvalue weighted by Crippen LogP contribution is -2.29. The molecule has 1 atom stereocenters. The molecular formula is C27H23NO5. The number of benzene rings is 3. The topological polar surface area (TPSA) is 83.9 Å². The zero-order valence-corrected chi connectivity index (χ0v) is 18.1. The van der Waals surface area contributed by atoms with Gasteiger partial charge in [-0.3, -0.25) is 19.3 Å². The minimum absolute atomic E-state index is 0.0352. The van der Waals surface area contributed by atoms with Crippen molar-refractivity contribution in [3.8, 4) is 0 Å². The molecule has 3 aromatic rings. The van der Waals surface area contributed by atoms with Crippen LogP contribution < -0.4 is 4.90 Å². The summed E-state index contributed by atoms with van der Waals surface area (Å²) in [6, 6.07) is 23.9. The Labute approximate surface area is 191 Å². The normalized spacial score (nSPS) is 17.2. The van der Waals surface area contributed by atoms with Crippen molar-refractivity contribution >= 4 is 29.1 Å². The van der Waals surface area contributed by atoms with Gasteiger partial charge in [-0.1, -0.05) is 72.8 Å². The van der Waals surface area contributed by atoms with Crippen molar-refractivity contribution in [3.05, 3.63) is 107 Å². The lowest BCUT2D eigenvalue weighted by Gasteiger charge is -2.25. The van der Waals surface area contributed by atoms with Gasteiger partial charge in [0.1, 0.15) is 5.76 Å². The highest BCUT2D eigenvalue weighted by Gasteiger charge is 2.46. The molecule has 0 radical (unpaired) electrons. The summed E-state index contributed by atoms with van der Waals surface area (Å²) < 4.78 is 4.98. The highest BCUT2D eigenvalue weighted by molar-refractivity contribution is 6.51. The summed E-state index contributed by atoms with van der Waals surface area (Å²) in [5.41, 5.74) is 2.42. The molecular weight excluding hydrogens is 418 g/mol. The van der Waals surface area contributed by atoms with Gasteiger partial charge < -0.3 is 9.84 Å². The van der Waals surface area contributed by atoms with E-state index in [1.807, 2.05) is 36.4 Å². The Kier molecular flexibility index (Phi) is 6.36. The van der Waals surface area contributed by atoms with E-state index in [-0.39, 0.29) is 23.7 Å². The van der Waals surface area contributed by atoms with E-state index >= 15 is 0 Å².